The van der Waals surface area contributed by atoms with Crippen LogP contribution in [0.2, 0.25) is 0 Å². The first-order chi connectivity index (χ1) is 23.1. The summed E-state index contributed by atoms with van der Waals surface area (Å²) < 4.78 is 4.20. The van der Waals surface area contributed by atoms with E-state index in [1.807, 2.05) is 86.3 Å². The lowest BCUT2D eigenvalue weighted by atomic mass is 9.77. The van der Waals surface area contributed by atoms with Gasteiger partial charge in [-0.05, 0) is 66.0 Å². The minimum absolute atomic E-state index is 0.197. The molecule has 0 unspecified atom stereocenters. The van der Waals surface area contributed by atoms with Gasteiger partial charge < -0.3 is 14.9 Å². The van der Waals surface area contributed by atoms with Crippen molar-refractivity contribution in [3.05, 3.63) is 83.9 Å². The molecule has 0 spiro atoms. The number of methoxy groups -OCH3 is 1. The van der Waals surface area contributed by atoms with E-state index in [2.05, 4.69) is 6.92 Å². The number of allylic oxidation sites excluding steroid dienone is 1. The van der Waals surface area contributed by atoms with Crippen LogP contribution in [0.5, 0.6) is 0 Å². The predicted octanol–water partition coefficient (Wildman–Crippen LogP) is 8.94. The molecule has 1 saturated heterocycles. The highest BCUT2D eigenvalue weighted by Crippen LogP contribution is 2.56. The lowest BCUT2D eigenvalue weighted by Crippen LogP contribution is -2.58. The monoisotopic (exact) mass is 697 g/mol. The lowest BCUT2D eigenvalue weighted by molar-refractivity contribution is -0.175. The number of hydrogen-bond donors (Lipinski definition) is 2. The maximum absolute atomic E-state index is 14.6. The smallest absolute Gasteiger partial charge is 0.339 e. The Morgan fingerprint density at radius 1 is 0.938 bits per heavy atom. The van der Waals surface area contributed by atoms with Crippen molar-refractivity contribution in [1.29, 1.82) is 0 Å². The number of aliphatic carboxylic acids is 1. The summed E-state index contributed by atoms with van der Waals surface area (Å²) in [6, 6.07) is 18.6. The highest BCUT2D eigenvalue weighted by Gasteiger charge is 2.60. The van der Waals surface area contributed by atoms with E-state index in [4.69, 9.17) is 4.74 Å². The average Bonchev–Trinajstić information content (AvgIpc) is 3.41. The Balaban J connectivity index is 1.80. The number of carbonyl (C=O) groups excluding carboxylic acids is 2. The van der Waals surface area contributed by atoms with E-state index in [1.54, 1.807) is 6.08 Å². The predicted molar refractivity (Wildman–Crippen MR) is 198 cm³/mol. The summed E-state index contributed by atoms with van der Waals surface area (Å²) in [5.74, 6) is -1.66. The summed E-state index contributed by atoms with van der Waals surface area (Å²) in [5, 5.41) is 21.3. The molecule has 2 aromatic rings. The zero-order chi connectivity index (χ0) is 35.0. The number of benzene rings is 2. The number of rotatable bonds is 22. The third kappa shape index (κ3) is 9.99. The number of thioether (sulfide) groups is 2. The Morgan fingerprint density at radius 2 is 1.48 bits per heavy atom. The number of unbranched alkanes of at least 4 members (excludes halogenated alkanes) is 8. The zero-order valence-electron chi connectivity index (χ0n) is 29.1. The van der Waals surface area contributed by atoms with Crippen LogP contribution in [0.15, 0.2) is 72.8 Å². The van der Waals surface area contributed by atoms with Crippen molar-refractivity contribution in [2.45, 2.75) is 101 Å². The minimum atomic E-state index is -2.56. The van der Waals surface area contributed by atoms with Gasteiger partial charge in [0.1, 0.15) is 0 Å². The Bertz CT molecular complexity index is 1260. The van der Waals surface area contributed by atoms with Gasteiger partial charge in [-0.25, -0.2) is 4.79 Å². The fourth-order valence-electron chi connectivity index (χ4n) is 6.60. The van der Waals surface area contributed by atoms with Gasteiger partial charge in [0.05, 0.1) is 23.3 Å². The fraction of sp³-hybridized carbons (Fsp3) is 0.564. The van der Waals surface area contributed by atoms with Gasteiger partial charge in [-0.15, -0.1) is 0 Å². The maximum atomic E-state index is 14.6. The van der Waals surface area contributed by atoms with E-state index < -0.39 is 46.0 Å². The Morgan fingerprint density at radius 3 is 1.98 bits per heavy atom. The van der Waals surface area contributed by atoms with Crippen LogP contribution >= 0.6 is 23.5 Å². The number of carbonyl (C=O) groups is 3. The van der Waals surface area contributed by atoms with Crippen molar-refractivity contribution in [3.8, 4) is 0 Å². The van der Waals surface area contributed by atoms with Crippen molar-refractivity contribution >= 4 is 40.6 Å². The molecule has 48 heavy (non-hydrogen) atoms. The molecule has 0 saturated carbocycles. The fourth-order valence-corrected chi connectivity index (χ4v) is 9.20. The quantitative estimate of drug-likeness (QED) is 0.0929. The molecule has 3 rings (SSSR count). The van der Waals surface area contributed by atoms with E-state index in [0.717, 1.165) is 54.3 Å². The molecule has 264 valence electrons. The third-order valence-electron chi connectivity index (χ3n) is 9.06. The molecule has 0 bridgehead atoms. The zero-order valence-corrected chi connectivity index (χ0v) is 30.8. The molecule has 1 heterocycles. The first-order valence-corrected chi connectivity index (χ1v) is 19.5. The van der Waals surface area contributed by atoms with Gasteiger partial charge in [-0.1, -0.05) is 132 Å². The average molecular weight is 698 g/mol. The van der Waals surface area contributed by atoms with Crippen LogP contribution in [0.4, 0.5) is 4.79 Å². The van der Waals surface area contributed by atoms with Crippen molar-refractivity contribution in [3.63, 3.8) is 0 Å². The Hall–Kier alpha value is -2.59. The molecule has 2 aromatic carbocycles. The van der Waals surface area contributed by atoms with Gasteiger partial charge >= 0.3 is 5.97 Å². The molecule has 1 aliphatic heterocycles. The maximum Gasteiger partial charge on any atom is 0.339 e. The summed E-state index contributed by atoms with van der Waals surface area (Å²) in [6.45, 7) is 5.55. The summed E-state index contributed by atoms with van der Waals surface area (Å²) >= 11 is 3.10. The van der Waals surface area contributed by atoms with Crippen LogP contribution in [0.3, 0.4) is 0 Å². The van der Waals surface area contributed by atoms with Gasteiger partial charge in [0.15, 0.2) is 0 Å². The van der Waals surface area contributed by atoms with Gasteiger partial charge in [0.25, 0.3) is 5.24 Å². The number of imide groups is 1. The van der Waals surface area contributed by atoms with Gasteiger partial charge in [0.2, 0.25) is 11.5 Å². The third-order valence-corrected chi connectivity index (χ3v) is 11.6. The molecule has 2 N–H and O–H groups in total. The van der Waals surface area contributed by atoms with Crippen molar-refractivity contribution in [2.24, 2.45) is 11.8 Å². The summed E-state index contributed by atoms with van der Waals surface area (Å²) in [6.07, 6.45) is 14.6. The molecule has 0 radical (unpaired) electrons. The number of carboxylic acid groups (broad SMARTS) is 1. The molecule has 3 atom stereocenters. The SMILES string of the molecule is CCCCCCCSCCCCCCC=C[C@H](C(=O)N1C(=O)SC(c2ccccc2)(c2ccccc2)[C@@H]1C(C)C)[C@@](O)(COC)C(=O)O. The van der Waals surface area contributed by atoms with Crippen LogP contribution in [0.1, 0.15) is 96.1 Å². The summed E-state index contributed by atoms with van der Waals surface area (Å²) in [5.41, 5.74) is -0.828. The van der Waals surface area contributed by atoms with E-state index in [1.165, 1.54) is 55.9 Å². The molecule has 0 aromatic heterocycles. The highest BCUT2D eigenvalue weighted by molar-refractivity contribution is 8.15. The molecule has 0 aliphatic carbocycles. The van der Waals surface area contributed by atoms with Crippen LogP contribution < -0.4 is 0 Å². The molecule has 9 heteroatoms. The molecule has 7 nitrogen and oxygen atoms in total. The van der Waals surface area contributed by atoms with Crippen LogP contribution in [0, 0.1) is 11.8 Å². The highest BCUT2D eigenvalue weighted by atomic mass is 32.2. The van der Waals surface area contributed by atoms with Crippen LogP contribution in [-0.2, 0) is 19.1 Å². The largest absolute Gasteiger partial charge is 0.479 e. The van der Waals surface area contributed by atoms with Crippen molar-refractivity contribution in [1.82, 2.24) is 4.90 Å². The Kier molecular flexibility index (Phi) is 16.7. The van der Waals surface area contributed by atoms with E-state index in [9.17, 15) is 24.6 Å². The van der Waals surface area contributed by atoms with Gasteiger partial charge in [-0.3, -0.25) is 14.5 Å². The summed E-state index contributed by atoms with van der Waals surface area (Å²) in [4.78, 5) is 42.4. The van der Waals surface area contributed by atoms with Gasteiger partial charge in [0, 0.05) is 7.11 Å². The van der Waals surface area contributed by atoms with Crippen molar-refractivity contribution < 1.29 is 29.3 Å². The molecule has 1 fully saturated rings. The van der Waals surface area contributed by atoms with E-state index >= 15 is 0 Å². The minimum Gasteiger partial charge on any atom is -0.479 e. The van der Waals surface area contributed by atoms with E-state index in [-0.39, 0.29) is 5.92 Å². The topological polar surface area (TPSA) is 104 Å². The molecular weight excluding hydrogens is 643 g/mol. The first kappa shape index (κ1) is 39.8. The number of hydrogen-bond acceptors (Lipinski definition) is 7. The lowest BCUT2D eigenvalue weighted by Gasteiger charge is -2.41. The molecule has 2 amide bonds. The number of carboxylic acids is 1. The number of nitrogens with zero attached hydrogens (tertiary/aromatic N) is 1. The first-order valence-electron chi connectivity index (χ1n) is 17.5. The summed E-state index contributed by atoms with van der Waals surface area (Å²) in [7, 11) is 1.29. The van der Waals surface area contributed by atoms with Gasteiger partial charge in [-0.2, -0.15) is 11.8 Å². The normalized spacial score (nSPS) is 18.0. The van der Waals surface area contributed by atoms with Crippen molar-refractivity contribution in [2.75, 3.05) is 25.2 Å². The van der Waals surface area contributed by atoms with Crippen LogP contribution in [0.25, 0.3) is 0 Å². The Labute approximate surface area is 296 Å². The number of aliphatic hydroxyl groups is 1. The molecule has 1 aliphatic rings. The number of amides is 2. The van der Waals surface area contributed by atoms with Crippen LogP contribution in [-0.4, -0.2) is 69.1 Å². The second kappa shape index (κ2) is 20.2. The standard InChI is InChI=1S/C39H55NO6S2/c1-5-6-7-11-20-27-47-28-21-12-9-8-10-19-26-33(38(45,29-46-4)36(42)43)35(41)40-34(30(2)3)39(48-37(40)44,31-22-15-13-16-23-31)32-24-17-14-18-25-32/h13-19,22-26,30,33-34,45H,5-12,20-21,27-29H2,1-4H3,(H,42,43)/t33-,34+,38+/m1/s1. The second-order valence-electron chi connectivity index (χ2n) is 13.0. The van der Waals surface area contributed by atoms with E-state index in [0.29, 0.717) is 6.42 Å². The number of ether oxygens (including phenoxy) is 1. The second-order valence-corrected chi connectivity index (χ2v) is 15.5. The molecular formula is C39H55NO6S2.